The summed E-state index contributed by atoms with van der Waals surface area (Å²) in [6.07, 6.45) is 6.15. The minimum Gasteiger partial charge on any atom is -0.399 e. The largest absolute Gasteiger partial charge is 0.399 e. The predicted octanol–water partition coefficient (Wildman–Crippen LogP) is 2.66. The summed E-state index contributed by atoms with van der Waals surface area (Å²) in [5.41, 5.74) is 9.94. The molecule has 0 radical (unpaired) electrons. The minimum absolute atomic E-state index is 0.00360. The van der Waals surface area contributed by atoms with Crippen molar-refractivity contribution in [1.82, 2.24) is 15.3 Å². The lowest BCUT2D eigenvalue weighted by atomic mass is 9.95. The van der Waals surface area contributed by atoms with Gasteiger partial charge in [-0.15, -0.1) is 0 Å². The van der Waals surface area contributed by atoms with E-state index in [1.54, 1.807) is 25.1 Å². The summed E-state index contributed by atoms with van der Waals surface area (Å²) in [5, 5.41) is 15.5. The van der Waals surface area contributed by atoms with Crippen molar-refractivity contribution < 1.29 is 4.79 Å². The highest BCUT2D eigenvalue weighted by Crippen LogP contribution is 2.32. The Morgan fingerprint density at radius 3 is 2.87 bits per heavy atom. The van der Waals surface area contributed by atoms with Crippen LogP contribution in [0, 0.1) is 11.3 Å². The van der Waals surface area contributed by atoms with Gasteiger partial charge < -0.3 is 21.3 Å². The van der Waals surface area contributed by atoms with Crippen molar-refractivity contribution in [3.8, 4) is 6.07 Å². The number of anilines is 4. The van der Waals surface area contributed by atoms with E-state index < -0.39 is 0 Å². The molecular weight excluding hydrogens is 378 g/mol. The second-order valence-electron chi connectivity index (χ2n) is 8.07. The summed E-state index contributed by atoms with van der Waals surface area (Å²) in [6, 6.07) is 7.41. The van der Waals surface area contributed by atoms with Gasteiger partial charge in [0.15, 0.2) is 0 Å². The van der Waals surface area contributed by atoms with Gasteiger partial charge in [-0.3, -0.25) is 4.79 Å². The van der Waals surface area contributed by atoms with Crippen molar-refractivity contribution in [1.29, 1.82) is 5.26 Å². The Morgan fingerprint density at radius 1 is 1.23 bits per heavy atom. The molecule has 2 aromatic rings. The number of rotatable bonds is 4. The summed E-state index contributed by atoms with van der Waals surface area (Å²) in [7, 11) is 0. The summed E-state index contributed by atoms with van der Waals surface area (Å²) in [4.78, 5) is 23.5. The molecule has 1 aliphatic carbocycles. The van der Waals surface area contributed by atoms with Gasteiger partial charge in [0.05, 0.1) is 17.3 Å². The first-order valence-corrected chi connectivity index (χ1v) is 10.5. The average molecular weight is 406 g/mol. The summed E-state index contributed by atoms with van der Waals surface area (Å²) >= 11 is 0. The standard InChI is InChI=1S/C22H27N7O/c1-14(30)25-17-5-4-8-29(13-17)21-19-6-2-3-7-20(19)27-22(28-21)26-18-10-15(12-23)9-16(24)11-18/h9-11,17H,2-8,13,24H2,1H3,(H,25,30)(H,26,27,28)/t17-/m1/s1. The van der Waals surface area contributed by atoms with E-state index in [4.69, 9.17) is 15.7 Å². The smallest absolute Gasteiger partial charge is 0.229 e. The maximum atomic E-state index is 11.5. The van der Waals surface area contributed by atoms with Crippen molar-refractivity contribution >= 4 is 29.0 Å². The van der Waals surface area contributed by atoms with Gasteiger partial charge in [0, 0.05) is 43.0 Å². The van der Waals surface area contributed by atoms with Crippen molar-refractivity contribution in [3.63, 3.8) is 0 Å². The lowest BCUT2D eigenvalue weighted by Crippen LogP contribution is -2.48. The number of fused-ring (bicyclic) bond motifs is 1. The normalized spacial score (nSPS) is 18.3. The average Bonchev–Trinajstić information content (AvgIpc) is 2.72. The number of nitriles is 1. The van der Waals surface area contributed by atoms with Crippen molar-refractivity contribution in [2.75, 3.05) is 29.0 Å². The maximum absolute atomic E-state index is 11.5. The van der Waals surface area contributed by atoms with Crippen LogP contribution in [-0.2, 0) is 17.6 Å². The Balaban J connectivity index is 1.66. The predicted molar refractivity (Wildman–Crippen MR) is 117 cm³/mol. The van der Waals surface area contributed by atoms with E-state index in [1.807, 2.05) is 0 Å². The zero-order chi connectivity index (χ0) is 21.1. The molecule has 0 spiro atoms. The van der Waals surface area contributed by atoms with Crippen LogP contribution in [0.4, 0.5) is 23.1 Å². The minimum atomic E-state index is 0.00360. The van der Waals surface area contributed by atoms with Gasteiger partial charge in [-0.1, -0.05) is 0 Å². The fourth-order valence-corrected chi connectivity index (χ4v) is 4.38. The molecule has 1 atom stereocenters. The molecule has 1 aromatic carbocycles. The van der Waals surface area contributed by atoms with Gasteiger partial charge in [0.25, 0.3) is 0 Å². The van der Waals surface area contributed by atoms with Crippen molar-refractivity contribution in [3.05, 3.63) is 35.0 Å². The molecule has 0 saturated carbocycles. The number of hydrogen-bond donors (Lipinski definition) is 3. The Bertz CT molecular complexity index is 998. The van der Waals surface area contributed by atoms with Gasteiger partial charge in [-0.05, 0) is 56.7 Å². The first-order chi connectivity index (χ1) is 14.5. The number of hydrogen-bond acceptors (Lipinski definition) is 7. The molecule has 0 unspecified atom stereocenters. The number of benzene rings is 1. The Hall–Kier alpha value is -3.34. The van der Waals surface area contributed by atoms with Crippen LogP contribution in [0.15, 0.2) is 18.2 Å². The summed E-state index contributed by atoms with van der Waals surface area (Å²) in [6.45, 7) is 3.23. The molecule has 4 rings (SSSR count). The molecule has 1 saturated heterocycles. The topological polar surface area (TPSA) is 120 Å². The highest BCUT2D eigenvalue weighted by molar-refractivity contribution is 5.73. The summed E-state index contributed by atoms with van der Waals surface area (Å²) in [5.74, 6) is 1.48. The van der Waals surface area contributed by atoms with Crippen molar-refractivity contribution in [2.24, 2.45) is 0 Å². The van der Waals surface area contributed by atoms with Gasteiger partial charge >= 0.3 is 0 Å². The second-order valence-corrected chi connectivity index (χ2v) is 8.07. The molecular formula is C22H27N7O. The highest BCUT2D eigenvalue weighted by Gasteiger charge is 2.26. The molecule has 1 aliphatic heterocycles. The Labute approximate surface area is 176 Å². The van der Waals surface area contributed by atoms with Crippen LogP contribution in [0.3, 0.4) is 0 Å². The SMILES string of the molecule is CC(=O)N[C@@H]1CCCN(c2nc(Nc3cc(N)cc(C#N)c3)nc3c2CCCC3)C1. The van der Waals surface area contributed by atoms with Crippen LogP contribution < -0.4 is 21.3 Å². The molecule has 4 N–H and O–H groups in total. The molecule has 1 aromatic heterocycles. The third-order valence-electron chi connectivity index (χ3n) is 5.63. The monoisotopic (exact) mass is 405 g/mol. The van der Waals surface area contributed by atoms with E-state index in [9.17, 15) is 10.1 Å². The number of aromatic nitrogens is 2. The van der Waals surface area contributed by atoms with E-state index in [2.05, 4.69) is 21.6 Å². The number of aryl methyl sites for hydroxylation is 1. The first kappa shape index (κ1) is 20.0. The van der Waals surface area contributed by atoms with E-state index in [0.717, 1.165) is 63.1 Å². The van der Waals surface area contributed by atoms with E-state index in [1.165, 1.54) is 5.56 Å². The van der Waals surface area contributed by atoms with Crippen LogP contribution in [0.25, 0.3) is 0 Å². The molecule has 8 nitrogen and oxygen atoms in total. The van der Waals surface area contributed by atoms with E-state index in [-0.39, 0.29) is 11.9 Å². The van der Waals surface area contributed by atoms with Gasteiger partial charge in [0.2, 0.25) is 11.9 Å². The molecule has 2 aliphatic rings. The molecule has 1 amide bonds. The zero-order valence-corrected chi connectivity index (χ0v) is 17.2. The lowest BCUT2D eigenvalue weighted by Gasteiger charge is -2.36. The second kappa shape index (κ2) is 8.57. The third-order valence-corrected chi connectivity index (χ3v) is 5.63. The molecule has 30 heavy (non-hydrogen) atoms. The quantitative estimate of drug-likeness (QED) is 0.669. The zero-order valence-electron chi connectivity index (χ0n) is 17.2. The van der Waals surface area contributed by atoms with Gasteiger partial charge in [-0.2, -0.15) is 10.2 Å². The van der Waals surface area contributed by atoms with E-state index in [0.29, 0.717) is 22.9 Å². The highest BCUT2D eigenvalue weighted by atomic mass is 16.1. The van der Waals surface area contributed by atoms with E-state index >= 15 is 0 Å². The Morgan fingerprint density at radius 2 is 2.07 bits per heavy atom. The number of nitrogens with two attached hydrogens (primary N) is 1. The number of nitrogens with zero attached hydrogens (tertiary/aromatic N) is 4. The number of carbonyl (C=O) groups excluding carboxylic acids is 1. The summed E-state index contributed by atoms with van der Waals surface area (Å²) < 4.78 is 0. The van der Waals surface area contributed by atoms with Crippen molar-refractivity contribution in [2.45, 2.75) is 51.5 Å². The van der Waals surface area contributed by atoms with Gasteiger partial charge in [0.1, 0.15) is 5.82 Å². The first-order valence-electron chi connectivity index (χ1n) is 10.5. The van der Waals surface area contributed by atoms with Crippen LogP contribution in [0.2, 0.25) is 0 Å². The number of carbonyl (C=O) groups is 1. The number of piperidine rings is 1. The van der Waals surface area contributed by atoms with Crippen LogP contribution in [-0.4, -0.2) is 35.0 Å². The molecule has 2 heterocycles. The fourth-order valence-electron chi connectivity index (χ4n) is 4.38. The molecule has 1 fully saturated rings. The van der Waals surface area contributed by atoms with Crippen LogP contribution in [0.5, 0.6) is 0 Å². The van der Waals surface area contributed by atoms with Crippen LogP contribution >= 0.6 is 0 Å². The number of nitrogen functional groups attached to an aromatic ring is 1. The lowest BCUT2D eigenvalue weighted by molar-refractivity contribution is -0.119. The Kier molecular flexibility index (Phi) is 5.70. The molecule has 0 bridgehead atoms. The number of amides is 1. The molecule has 156 valence electrons. The third kappa shape index (κ3) is 4.46. The fraction of sp³-hybridized carbons (Fsp3) is 0.455. The number of nitrogens with one attached hydrogen (secondary N) is 2. The van der Waals surface area contributed by atoms with Crippen LogP contribution in [0.1, 0.15) is 49.4 Å². The maximum Gasteiger partial charge on any atom is 0.229 e. The molecule has 8 heteroatoms. The van der Waals surface area contributed by atoms with Gasteiger partial charge in [-0.25, -0.2) is 4.98 Å².